The quantitative estimate of drug-likeness (QED) is 0.771. The van der Waals surface area contributed by atoms with Crippen LogP contribution < -0.4 is 5.73 Å². The Morgan fingerprint density at radius 3 is 3.06 bits per heavy atom. The summed E-state index contributed by atoms with van der Waals surface area (Å²) in [6.07, 6.45) is 0. The lowest BCUT2D eigenvalue weighted by atomic mass is 10.4. The molecule has 0 radical (unpaired) electrons. The Kier molecular flexibility index (Phi) is 3.45. The van der Waals surface area contributed by atoms with Crippen molar-refractivity contribution in [1.29, 1.82) is 0 Å². The molecule has 2 rings (SSSR count). The van der Waals surface area contributed by atoms with Gasteiger partial charge < -0.3 is 10.5 Å². The van der Waals surface area contributed by atoms with E-state index in [-0.39, 0.29) is 5.82 Å². The average molecular weight is 253 g/mol. The van der Waals surface area contributed by atoms with E-state index in [1.165, 1.54) is 11.3 Å². The van der Waals surface area contributed by atoms with Crippen LogP contribution in [-0.2, 0) is 11.3 Å². The van der Waals surface area contributed by atoms with Crippen LogP contribution in [0.4, 0.5) is 0 Å². The summed E-state index contributed by atoms with van der Waals surface area (Å²) >= 11 is 1.43. The van der Waals surface area contributed by atoms with Gasteiger partial charge in [-0.05, 0) is 6.92 Å². The molecule has 0 aliphatic rings. The maximum Gasteiger partial charge on any atom is 0.375 e. The van der Waals surface area contributed by atoms with Gasteiger partial charge in [-0.15, -0.1) is 11.3 Å². The molecule has 0 atom stereocenters. The van der Waals surface area contributed by atoms with E-state index in [9.17, 15) is 4.79 Å². The van der Waals surface area contributed by atoms with Crippen molar-refractivity contribution in [2.24, 2.45) is 5.73 Å². The summed E-state index contributed by atoms with van der Waals surface area (Å²) in [6.45, 7) is 2.39. The molecule has 0 saturated heterocycles. The van der Waals surface area contributed by atoms with Gasteiger partial charge in [-0.3, -0.25) is 5.10 Å². The first-order valence-corrected chi connectivity index (χ1v) is 5.87. The molecule has 0 saturated carbocycles. The number of H-pyrrole nitrogens is 1. The third-order valence-corrected chi connectivity index (χ3v) is 2.78. The Bertz CT molecular complexity index is 521. The van der Waals surface area contributed by atoms with E-state index in [0.29, 0.717) is 24.7 Å². The fourth-order valence-corrected chi connectivity index (χ4v) is 1.83. The van der Waals surface area contributed by atoms with Gasteiger partial charge >= 0.3 is 5.97 Å². The number of ether oxygens (including phenoxy) is 1. The highest BCUT2D eigenvalue weighted by molar-refractivity contribution is 7.09. The molecule has 0 amide bonds. The van der Waals surface area contributed by atoms with Crippen LogP contribution in [0.25, 0.3) is 11.5 Å². The molecule has 2 heterocycles. The molecule has 7 nitrogen and oxygen atoms in total. The fraction of sp³-hybridized carbons (Fsp3) is 0.333. The van der Waals surface area contributed by atoms with Crippen LogP contribution in [0.2, 0.25) is 0 Å². The van der Waals surface area contributed by atoms with Crippen molar-refractivity contribution in [3.05, 3.63) is 16.2 Å². The topological polar surface area (TPSA) is 107 Å². The number of carbonyl (C=O) groups excluding carboxylic acids is 1. The van der Waals surface area contributed by atoms with Crippen molar-refractivity contribution in [3.63, 3.8) is 0 Å². The predicted molar refractivity (Wildman–Crippen MR) is 61.3 cm³/mol. The summed E-state index contributed by atoms with van der Waals surface area (Å²) in [5.74, 6) is -0.0892. The lowest BCUT2D eigenvalue weighted by Crippen LogP contribution is -2.06. The number of nitrogens with one attached hydrogen (secondary N) is 1. The molecule has 0 spiro atoms. The number of hydrogen-bond donors (Lipinski definition) is 2. The molecule has 0 aromatic carbocycles. The second-order valence-electron chi connectivity index (χ2n) is 3.06. The molecule has 17 heavy (non-hydrogen) atoms. The van der Waals surface area contributed by atoms with E-state index in [1.807, 2.05) is 0 Å². The van der Waals surface area contributed by atoms with Crippen molar-refractivity contribution in [3.8, 4) is 11.5 Å². The number of hydrogen-bond acceptors (Lipinski definition) is 7. The summed E-state index contributed by atoms with van der Waals surface area (Å²) in [7, 11) is 0. The highest BCUT2D eigenvalue weighted by atomic mass is 32.1. The van der Waals surface area contributed by atoms with Gasteiger partial charge in [0.15, 0.2) is 0 Å². The minimum absolute atomic E-state index is 0.0733. The van der Waals surface area contributed by atoms with Crippen LogP contribution in [0.15, 0.2) is 5.38 Å². The monoisotopic (exact) mass is 253 g/mol. The van der Waals surface area contributed by atoms with Crippen molar-refractivity contribution < 1.29 is 9.53 Å². The number of rotatable bonds is 4. The molecule has 0 aliphatic carbocycles. The summed E-state index contributed by atoms with van der Waals surface area (Å²) in [5, 5.41) is 9.00. The van der Waals surface area contributed by atoms with Gasteiger partial charge in [0.1, 0.15) is 10.7 Å². The second kappa shape index (κ2) is 5.02. The summed E-state index contributed by atoms with van der Waals surface area (Å²) < 4.78 is 4.79. The Morgan fingerprint density at radius 2 is 2.41 bits per heavy atom. The SMILES string of the molecule is CCOC(=O)c1nc(-c2csc(CN)n2)n[nH]1. The number of aromatic nitrogens is 4. The van der Waals surface area contributed by atoms with Gasteiger partial charge in [0.25, 0.3) is 0 Å². The lowest BCUT2D eigenvalue weighted by Gasteiger charge is -1.94. The summed E-state index contributed by atoms with van der Waals surface area (Å²) in [4.78, 5) is 19.6. The summed E-state index contributed by atoms with van der Waals surface area (Å²) in [6, 6.07) is 0. The van der Waals surface area contributed by atoms with Crippen LogP contribution in [0, 0.1) is 0 Å². The van der Waals surface area contributed by atoms with E-state index in [0.717, 1.165) is 5.01 Å². The van der Waals surface area contributed by atoms with Crippen molar-refractivity contribution >= 4 is 17.3 Å². The maximum atomic E-state index is 11.4. The first kappa shape index (κ1) is 11.7. The Balaban J connectivity index is 2.20. The first-order chi connectivity index (χ1) is 8.24. The van der Waals surface area contributed by atoms with Gasteiger partial charge in [0.2, 0.25) is 11.6 Å². The van der Waals surface area contributed by atoms with Crippen LogP contribution in [0.5, 0.6) is 0 Å². The van der Waals surface area contributed by atoms with Gasteiger partial charge in [-0.2, -0.15) is 10.1 Å². The van der Waals surface area contributed by atoms with Crippen molar-refractivity contribution in [2.75, 3.05) is 6.61 Å². The standard InChI is InChI=1S/C9H11N5O2S/c1-2-16-9(15)8-12-7(13-14-8)5-4-17-6(3-10)11-5/h4H,2-3,10H2,1H3,(H,12,13,14). The molecule has 90 valence electrons. The molecule has 8 heteroatoms. The van der Waals surface area contributed by atoms with E-state index < -0.39 is 5.97 Å². The zero-order valence-corrected chi connectivity index (χ0v) is 9.95. The van der Waals surface area contributed by atoms with Gasteiger partial charge in [-0.1, -0.05) is 0 Å². The van der Waals surface area contributed by atoms with E-state index in [1.54, 1.807) is 12.3 Å². The normalized spacial score (nSPS) is 10.5. The number of thiazole rings is 1. The Morgan fingerprint density at radius 1 is 1.59 bits per heavy atom. The first-order valence-electron chi connectivity index (χ1n) is 4.99. The molecule has 0 aliphatic heterocycles. The zero-order valence-electron chi connectivity index (χ0n) is 9.14. The highest BCUT2D eigenvalue weighted by Crippen LogP contribution is 2.18. The van der Waals surface area contributed by atoms with Crippen LogP contribution >= 0.6 is 11.3 Å². The second-order valence-corrected chi connectivity index (χ2v) is 4.00. The lowest BCUT2D eigenvalue weighted by molar-refractivity contribution is 0.0512. The van der Waals surface area contributed by atoms with Crippen molar-refractivity contribution in [2.45, 2.75) is 13.5 Å². The number of esters is 1. The van der Waals surface area contributed by atoms with Crippen LogP contribution in [0.1, 0.15) is 22.6 Å². The van der Waals surface area contributed by atoms with E-state index in [2.05, 4.69) is 20.2 Å². The summed E-state index contributed by atoms with van der Waals surface area (Å²) in [5.41, 5.74) is 6.06. The number of nitrogens with two attached hydrogens (primary N) is 1. The van der Waals surface area contributed by atoms with Crippen molar-refractivity contribution in [1.82, 2.24) is 20.2 Å². The highest BCUT2D eigenvalue weighted by Gasteiger charge is 2.15. The number of nitrogens with zero attached hydrogens (tertiary/aromatic N) is 3. The van der Waals surface area contributed by atoms with Crippen LogP contribution in [0.3, 0.4) is 0 Å². The molecule has 0 fully saturated rings. The minimum Gasteiger partial charge on any atom is -0.460 e. The molecule has 2 aromatic rings. The zero-order chi connectivity index (χ0) is 12.3. The van der Waals surface area contributed by atoms with E-state index in [4.69, 9.17) is 10.5 Å². The molecule has 0 unspecified atom stereocenters. The van der Waals surface area contributed by atoms with E-state index >= 15 is 0 Å². The largest absolute Gasteiger partial charge is 0.460 e. The maximum absolute atomic E-state index is 11.4. The van der Waals surface area contributed by atoms with Gasteiger partial charge in [-0.25, -0.2) is 9.78 Å². The van der Waals surface area contributed by atoms with Gasteiger partial charge in [0.05, 0.1) is 6.61 Å². The molecule has 2 aromatic heterocycles. The predicted octanol–water partition coefficient (Wildman–Crippen LogP) is 0.564. The Hall–Kier alpha value is -1.80. The Labute approximate surface area is 101 Å². The number of carbonyl (C=O) groups is 1. The molecular formula is C9H11N5O2S. The molecular weight excluding hydrogens is 242 g/mol. The van der Waals surface area contributed by atoms with Gasteiger partial charge in [0, 0.05) is 11.9 Å². The third-order valence-electron chi connectivity index (χ3n) is 1.91. The molecule has 0 bridgehead atoms. The number of aromatic amines is 1. The average Bonchev–Trinajstić information content (AvgIpc) is 2.98. The third kappa shape index (κ3) is 2.48. The fourth-order valence-electron chi connectivity index (χ4n) is 1.17. The molecule has 3 N–H and O–H groups in total. The van der Waals surface area contributed by atoms with Crippen LogP contribution in [-0.4, -0.2) is 32.7 Å². The smallest absolute Gasteiger partial charge is 0.375 e. The minimum atomic E-state index is -0.527.